The fraction of sp³-hybridized carbons (Fsp3) is 0.259. The van der Waals surface area contributed by atoms with Gasteiger partial charge in [-0.1, -0.05) is 13.0 Å². The van der Waals surface area contributed by atoms with E-state index >= 15 is 0 Å². The molecule has 184 valence electrons. The topological polar surface area (TPSA) is 95.1 Å². The number of nitrogens with one attached hydrogen (secondary N) is 2. The maximum Gasteiger partial charge on any atom is 0.253 e. The molecule has 0 heterocycles. The van der Waals surface area contributed by atoms with Crippen LogP contribution in [0.3, 0.4) is 0 Å². The average molecular weight is 479 g/mol. The maximum absolute atomic E-state index is 13.0. The standard InChI is InChI=1S/C27H30N2O6/c1-5-16-35-23-15-10-20(17-24(23)34-4)25(28-26(30)18-6-11-21(32-2)12-7-18)29-27(31)19-8-13-22(33-3)14-9-19/h6-15,17,25H,5,16H2,1-4H3,(H,28,30)(H,29,31). The smallest absolute Gasteiger partial charge is 0.253 e. The van der Waals surface area contributed by atoms with E-state index in [0.29, 0.717) is 46.3 Å². The summed E-state index contributed by atoms with van der Waals surface area (Å²) in [5, 5.41) is 5.78. The molecule has 3 rings (SSSR count). The van der Waals surface area contributed by atoms with Gasteiger partial charge in [-0.15, -0.1) is 0 Å². The van der Waals surface area contributed by atoms with Crippen LogP contribution in [0.25, 0.3) is 0 Å². The third-order valence-corrected chi connectivity index (χ3v) is 5.24. The van der Waals surface area contributed by atoms with Gasteiger partial charge in [0.25, 0.3) is 11.8 Å². The van der Waals surface area contributed by atoms with Gasteiger partial charge < -0.3 is 29.6 Å². The maximum atomic E-state index is 13.0. The van der Waals surface area contributed by atoms with E-state index in [1.54, 1.807) is 88.1 Å². The van der Waals surface area contributed by atoms with Crippen molar-refractivity contribution in [1.82, 2.24) is 10.6 Å². The van der Waals surface area contributed by atoms with Gasteiger partial charge in [-0.3, -0.25) is 9.59 Å². The second-order valence-electron chi connectivity index (χ2n) is 7.60. The zero-order valence-corrected chi connectivity index (χ0v) is 20.3. The average Bonchev–Trinajstić information content (AvgIpc) is 2.91. The van der Waals surface area contributed by atoms with Crippen molar-refractivity contribution in [1.29, 1.82) is 0 Å². The summed E-state index contributed by atoms with van der Waals surface area (Å²) in [5.41, 5.74) is 1.46. The number of carbonyl (C=O) groups is 2. The Labute approximate surface area is 205 Å². The highest BCUT2D eigenvalue weighted by Gasteiger charge is 2.21. The van der Waals surface area contributed by atoms with Gasteiger partial charge in [-0.05, 0) is 72.6 Å². The molecule has 0 radical (unpaired) electrons. The summed E-state index contributed by atoms with van der Waals surface area (Å²) < 4.78 is 21.5. The molecule has 35 heavy (non-hydrogen) atoms. The van der Waals surface area contributed by atoms with E-state index in [1.807, 2.05) is 6.92 Å². The Bertz CT molecular complexity index is 1070. The van der Waals surface area contributed by atoms with Gasteiger partial charge in [0.2, 0.25) is 0 Å². The summed E-state index contributed by atoms with van der Waals surface area (Å²) in [4.78, 5) is 26.0. The number of amides is 2. The Hall–Kier alpha value is -4.20. The number of rotatable bonds is 11. The molecule has 2 amide bonds. The van der Waals surface area contributed by atoms with E-state index in [-0.39, 0.29) is 11.8 Å². The minimum atomic E-state index is -0.840. The second-order valence-corrected chi connectivity index (χ2v) is 7.60. The van der Waals surface area contributed by atoms with E-state index in [2.05, 4.69) is 10.6 Å². The molecule has 0 aliphatic carbocycles. The molecule has 0 unspecified atom stereocenters. The lowest BCUT2D eigenvalue weighted by Crippen LogP contribution is -2.41. The first-order valence-electron chi connectivity index (χ1n) is 11.2. The molecule has 0 fully saturated rings. The molecule has 0 aliphatic heterocycles. The third kappa shape index (κ3) is 6.66. The summed E-state index contributed by atoms with van der Waals surface area (Å²) in [5.74, 6) is 1.63. The molecule has 3 aromatic rings. The van der Waals surface area contributed by atoms with E-state index in [1.165, 1.54) is 0 Å². The van der Waals surface area contributed by atoms with Crippen LogP contribution >= 0.6 is 0 Å². The molecule has 0 saturated heterocycles. The van der Waals surface area contributed by atoms with E-state index in [4.69, 9.17) is 18.9 Å². The van der Waals surface area contributed by atoms with Crippen molar-refractivity contribution in [3.8, 4) is 23.0 Å². The zero-order chi connectivity index (χ0) is 25.2. The third-order valence-electron chi connectivity index (χ3n) is 5.24. The fourth-order valence-corrected chi connectivity index (χ4v) is 3.31. The molecular weight excluding hydrogens is 448 g/mol. The van der Waals surface area contributed by atoms with Crippen molar-refractivity contribution < 1.29 is 28.5 Å². The Morgan fingerprint density at radius 2 is 1.23 bits per heavy atom. The van der Waals surface area contributed by atoms with Crippen molar-refractivity contribution in [3.05, 3.63) is 83.4 Å². The lowest BCUT2D eigenvalue weighted by molar-refractivity contribution is 0.0883. The normalized spacial score (nSPS) is 10.4. The van der Waals surface area contributed by atoms with Gasteiger partial charge >= 0.3 is 0 Å². The van der Waals surface area contributed by atoms with E-state index in [9.17, 15) is 9.59 Å². The highest BCUT2D eigenvalue weighted by molar-refractivity contribution is 5.97. The molecule has 0 atom stereocenters. The molecule has 0 spiro atoms. The first kappa shape index (κ1) is 25.4. The van der Waals surface area contributed by atoms with Crippen LogP contribution < -0.4 is 29.6 Å². The quantitative estimate of drug-likeness (QED) is 0.398. The van der Waals surface area contributed by atoms with Crippen LogP contribution in [0.5, 0.6) is 23.0 Å². The van der Waals surface area contributed by atoms with Gasteiger partial charge in [-0.2, -0.15) is 0 Å². The lowest BCUT2D eigenvalue weighted by Gasteiger charge is -2.22. The van der Waals surface area contributed by atoms with Crippen LogP contribution in [-0.2, 0) is 0 Å². The summed E-state index contributed by atoms with van der Waals surface area (Å²) in [6.07, 6.45) is 0.0111. The largest absolute Gasteiger partial charge is 0.497 e. The Morgan fingerprint density at radius 3 is 1.66 bits per heavy atom. The van der Waals surface area contributed by atoms with Crippen LogP contribution in [0.4, 0.5) is 0 Å². The van der Waals surface area contributed by atoms with E-state index in [0.717, 1.165) is 6.42 Å². The molecule has 0 bridgehead atoms. The van der Waals surface area contributed by atoms with Crippen molar-refractivity contribution in [2.24, 2.45) is 0 Å². The molecule has 3 aromatic carbocycles. The SMILES string of the molecule is CCCOc1ccc(C(NC(=O)c2ccc(OC)cc2)NC(=O)c2ccc(OC)cc2)cc1OC. The van der Waals surface area contributed by atoms with Gasteiger partial charge in [0.1, 0.15) is 17.7 Å². The van der Waals surface area contributed by atoms with Crippen molar-refractivity contribution in [2.75, 3.05) is 27.9 Å². The minimum Gasteiger partial charge on any atom is -0.497 e. The number of benzene rings is 3. The molecular formula is C27H30N2O6. The van der Waals surface area contributed by atoms with Crippen molar-refractivity contribution >= 4 is 11.8 Å². The van der Waals surface area contributed by atoms with Crippen LogP contribution in [0.2, 0.25) is 0 Å². The minimum absolute atomic E-state index is 0.363. The zero-order valence-electron chi connectivity index (χ0n) is 20.3. The van der Waals surface area contributed by atoms with Crippen molar-refractivity contribution in [3.63, 3.8) is 0 Å². The number of hydrogen-bond donors (Lipinski definition) is 2. The fourth-order valence-electron chi connectivity index (χ4n) is 3.31. The number of hydrogen-bond acceptors (Lipinski definition) is 6. The van der Waals surface area contributed by atoms with Crippen LogP contribution in [-0.4, -0.2) is 39.8 Å². The molecule has 2 N–H and O–H groups in total. The van der Waals surface area contributed by atoms with Gasteiger partial charge in [0, 0.05) is 11.1 Å². The van der Waals surface area contributed by atoms with Crippen LogP contribution in [0.1, 0.15) is 45.8 Å². The van der Waals surface area contributed by atoms with Crippen LogP contribution in [0, 0.1) is 0 Å². The molecule has 0 aliphatic rings. The molecule has 0 aromatic heterocycles. The van der Waals surface area contributed by atoms with Gasteiger partial charge in [0.05, 0.1) is 27.9 Å². The molecule has 8 nitrogen and oxygen atoms in total. The predicted octanol–water partition coefficient (Wildman–Crippen LogP) is 4.36. The lowest BCUT2D eigenvalue weighted by atomic mass is 10.1. The Kier molecular flexibility index (Phi) is 8.95. The van der Waals surface area contributed by atoms with E-state index < -0.39 is 6.17 Å². The highest BCUT2D eigenvalue weighted by atomic mass is 16.5. The monoisotopic (exact) mass is 478 g/mol. The van der Waals surface area contributed by atoms with Crippen LogP contribution in [0.15, 0.2) is 66.7 Å². The first-order chi connectivity index (χ1) is 17.0. The van der Waals surface area contributed by atoms with Gasteiger partial charge in [0.15, 0.2) is 11.5 Å². The molecule has 8 heteroatoms. The van der Waals surface area contributed by atoms with Crippen molar-refractivity contribution in [2.45, 2.75) is 19.5 Å². The molecule has 0 saturated carbocycles. The predicted molar refractivity (Wildman–Crippen MR) is 132 cm³/mol. The first-order valence-corrected chi connectivity index (χ1v) is 11.2. The Morgan fingerprint density at radius 1 is 0.714 bits per heavy atom. The summed E-state index contributed by atoms with van der Waals surface area (Å²) in [6.45, 7) is 2.56. The number of ether oxygens (including phenoxy) is 4. The number of methoxy groups -OCH3 is 3. The summed E-state index contributed by atoms with van der Waals surface area (Å²) in [6, 6.07) is 18.7. The summed E-state index contributed by atoms with van der Waals surface area (Å²) >= 11 is 0. The highest BCUT2D eigenvalue weighted by Crippen LogP contribution is 2.30. The van der Waals surface area contributed by atoms with Gasteiger partial charge in [-0.25, -0.2) is 0 Å². The summed E-state index contributed by atoms with van der Waals surface area (Å²) in [7, 11) is 4.65. The second kappa shape index (κ2) is 12.3. The number of carbonyl (C=O) groups excluding carboxylic acids is 2. The Balaban J connectivity index is 1.89.